The van der Waals surface area contributed by atoms with Crippen LogP contribution in [0.3, 0.4) is 0 Å². The number of anilines is 1. The number of hydrogen-bond donors (Lipinski definition) is 0. The highest BCUT2D eigenvalue weighted by Gasteiger charge is 2.32. The minimum atomic E-state index is 0.129. The molecule has 90 valence electrons. The van der Waals surface area contributed by atoms with Gasteiger partial charge in [0.25, 0.3) is 0 Å². The van der Waals surface area contributed by atoms with Crippen LogP contribution in [0.15, 0.2) is 24.3 Å². The Kier molecular flexibility index (Phi) is 3.27. The zero-order valence-corrected chi connectivity index (χ0v) is 10.2. The van der Waals surface area contributed by atoms with Gasteiger partial charge in [0.1, 0.15) is 0 Å². The number of carbonyl (C=O) groups excluding carboxylic acids is 2. The number of ketones is 1. The van der Waals surface area contributed by atoms with Crippen molar-refractivity contribution in [2.24, 2.45) is 11.8 Å². The maximum Gasteiger partial charge on any atom is 0.213 e. The van der Waals surface area contributed by atoms with Crippen LogP contribution in [0.2, 0.25) is 0 Å². The third-order valence-electron chi connectivity index (χ3n) is 3.46. The van der Waals surface area contributed by atoms with Gasteiger partial charge in [-0.05, 0) is 43.0 Å². The van der Waals surface area contributed by atoms with Gasteiger partial charge < -0.3 is 4.90 Å². The van der Waals surface area contributed by atoms with Gasteiger partial charge in [-0.25, -0.2) is 0 Å². The van der Waals surface area contributed by atoms with Crippen molar-refractivity contribution in [1.29, 1.82) is 0 Å². The van der Waals surface area contributed by atoms with Crippen LogP contribution in [0.4, 0.5) is 5.69 Å². The minimum absolute atomic E-state index is 0.129. The second kappa shape index (κ2) is 4.70. The lowest BCUT2D eigenvalue weighted by atomic mass is 9.95. The maximum absolute atomic E-state index is 12.1. The van der Waals surface area contributed by atoms with Crippen LogP contribution in [-0.2, 0) is 4.79 Å². The van der Waals surface area contributed by atoms with Gasteiger partial charge >= 0.3 is 0 Å². The Hall–Kier alpha value is -1.64. The second-order valence-electron chi connectivity index (χ2n) is 4.75. The predicted molar refractivity (Wildman–Crippen MR) is 67.1 cm³/mol. The fourth-order valence-electron chi connectivity index (χ4n) is 1.99. The van der Waals surface area contributed by atoms with E-state index in [4.69, 9.17) is 0 Å². The van der Waals surface area contributed by atoms with E-state index in [1.165, 1.54) is 17.7 Å². The molecule has 0 heterocycles. The highest BCUT2D eigenvalue weighted by molar-refractivity contribution is 5.98. The molecule has 1 saturated carbocycles. The van der Waals surface area contributed by atoms with Gasteiger partial charge in [-0.15, -0.1) is 0 Å². The first-order chi connectivity index (χ1) is 8.13. The number of nitrogens with zero attached hydrogens (tertiary/aromatic N) is 1. The lowest BCUT2D eigenvalue weighted by molar-refractivity contribution is -0.107. The Balaban J connectivity index is 2.11. The molecule has 2 rings (SSSR count). The first kappa shape index (κ1) is 11.8. The Bertz CT molecular complexity index is 420. The van der Waals surface area contributed by atoms with E-state index in [9.17, 15) is 9.59 Å². The Labute approximate surface area is 101 Å². The summed E-state index contributed by atoms with van der Waals surface area (Å²) < 4.78 is 0. The molecule has 0 aromatic heterocycles. The summed E-state index contributed by atoms with van der Waals surface area (Å²) in [4.78, 5) is 24.2. The highest BCUT2D eigenvalue weighted by Crippen LogP contribution is 2.38. The van der Waals surface area contributed by atoms with Crippen LogP contribution >= 0.6 is 0 Å². The lowest BCUT2D eigenvalue weighted by Gasteiger charge is -2.12. The summed E-state index contributed by atoms with van der Waals surface area (Å²) in [5, 5.41) is 0. The van der Waals surface area contributed by atoms with Crippen LogP contribution in [0.1, 0.15) is 30.1 Å². The van der Waals surface area contributed by atoms with Gasteiger partial charge in [0.05, 0.1) is 0 Å². The van der Waals surface area contributed by atoms with Crippen molar-refractivity contribution in [3.8, 4) is 0 Å². The summed E-state index contributed by atoms with van der Waals surface area (Å²) >= 11 is 0. The first-order valence-corrected chi connectivity index (χ1v) is 5.96. The molecule has 0 N–H and O–H groups in total. The zero-order chi connectivity index (χ0) is 12.4. The first-order valence-electron chi connectivity index (χ1n) is 5.96. The molecule has 0 aliphatic heterocycles. The predicted octanol–water partition coefficient (Wildman–Crippen LogP) is 2.51. The highest BCUT2D eigenvalue weighted by atomic mass is 16.1. The normalized spacial score (nSPS) is 16.4. The number of rotatable bonds is 5. The van der Waals surface area contributed by atoms with E-state index in [0.29, 0.717) is 5.92 Å². The number of carbonyl (C=O) groups is 2. The van der Waals surface area contributed by atoms with E-state index < -0.39 is 0 Å². The van der Waals surface area contributed by atoms with Gasteiger partial charge in [-0.3, -0.25) is 9.59 Å². The maximum atomic E-state index is 12.1. The number of amides is 1. The van der Waals surface area contributed by atoms with Crippen molar-refractivity contribution in [3.63, 3.8) is 0 Å². The number of hydrogen-bond acceptors (Lipinski definition) is 2. The molecule has 1 amide bonds. The molecule has 17 heavy (non-hydrogen) atoms. The van der Waals surface area contributed by atoms with Gasteiger partial charge in [0.2, 0.25) is 6.41 Å². The summed E-state index contributed by atoms with van der Waals surface area (Å²) in [6.07, 6.45) is 3.11. The Morgan fingerprint density at radius 2 is 1.94 bits per heavy atom. The van der Waals surface area contributed by atoms with E-state index in [1.54, 1.807) is 31.3 Å². The van der Waals surface area contributed by atoms with Crippen LogP contribution in [0.25, 0.3) is 0 Å². The molecule has 3 nitrogen and oxygen atoms in total. The van der Waals surface area contributed by atoms with Crippen LogP contribution in [-0.4, -0.2) is 19.2 Å². The van der Waals surface area contributed by atoms with E-state index in [1.807, 2.05) is 6.92 Å². The van der Waals surface area contributed by atoms with E-state index >= 15 is 0 Å². The van der Waals surface area contributed by atoms with Crippen molar-refractivity contribution in [3.05, 3.63) is 29.8 Å². The molecular formula is C14H17NO2. The Morgan fingerprint density at radius 1 is 1.35 bits per heavy atom. The summed E-state index contributed by atoms with van der Waals surface area (Å²) in [5.74, 6) is 0.928. The van der Waals surface area contributed by atoms with E-state index in [0.717, 1.165) is 17.7 Å². The molecule has 1 unspecified atom stereocenters. The minimum Gasteiger partial charge on any atom is -0.318 e. The van der Waals surface area contributed by atoms with Crippen molar-refractivity contribution in [2.45, 2.75) is 19.8 Å². The van der Waals surface area contributed by atoms with Crippen LogP contribution < -0.4 is 4.90 Å². The molecular weight excluding hydrogens is 214 g/mol. The molecule has 1 fully saturated rings. The third kappa shape index (κ3) is 2.54. The monoisotopic (exact) mass is 231 g/mol. The summed E-state index contributed by atoms with van der Waals surface area (Å²) in [5.41, 5.74) is 1.54. The summed E-state index contributed by atoms with van der Waals surface area (Å²) in [6.45, 7) is 2.01. The van der Waals surface area contributed by atoms with Crippen LogP contribution in [0, 0.1) is 11.8 Å². The Morgan fingerprint density at radius 3 is 2.41 bits per heavy atom. The smallest absolute Gasteiger partial charge is 0.213 e. The van der Waals surface area contributed by atoms with Gasteiger partial charge in [0, 0.05) is 24.2 Å². The average Bonchev–Trinajstić information content (AvgIpc) is 3.20. The fourth-order valence-corrected chi connectivity index (χ4v) is 1.99. The summed E-state index contributed by atoms with van der Waals surface area (Å²) in [6, 6.07) is 7.22. The molecule has 0 bridgehead atoms. The largest absolute Gasteiger partial charge is 0.318 e. The molecule has 1 aliphatic carbocycles. The van der Waals surface area contributed by atoms with E-state index in [2.05, 4.69) is 0 Å². The van der Waals surface area contributed by atoms with Crippen molar-refractivity contribution >= 4 is 17.9 Å². The van der Waals surface area contributed by atoms with Crippen molar-refractivity contribution in [2.75, 3.05) is 11.9 Å². The molecule has 1 aromatic rings. The van der Waals surface area contributed by atoms with Crippen molar-refractivity contribution < 1.29 is 9.59 Å². The molecule has 0 spiro atoms. The topological polar surface area (TPSA) is 37.4 Å². The van der Waals surface area contributed by atoms with E-state index in [-0.39, 0.29) is 11.7 Å². The lowest BCUT2D eigenvalue weighted by Crippen LogP contribution is -2.15. The average molecular weight is 231 g/mol. The van der Waals surface area contributed by atoms with Gasteiger partial charge in [0.15, 0.2) is 5.78 Å². The van der Waals surface area contributed by atoms with Crippen LogP contribution in [0.5, 0.6) is 0 Å². The van der Waals surface area contributed by atoms with Crippen molar-refractivity contribution in [1.82, 2.24) is 0 Å². The standard InChI is InChI=1S/C14H17NO2/c1-10(11-3-4-11)14(17)12-5-7-13(8-6-12)15(2)9-16/h5-11H,3-4H2,1-2H3. The second-order valence-corrected chi connectivity index (χ2v) is 4.75. The molecule has 1 aromatic carbocycles. The SMILES string of the molecule is CC(C(=O)c1ccc(N(C)C=O)cc1)C1CC1. The third-order valence-corrected chi connectivity index (χ3v) is 3.46. The molecule has 3 heteroatoms. The zero-order valence-electron chi connectivity index (χ0n) is 10.2. The fraction of sp³-hybridized carbons (Fsp3) is 0.429. The molecule has 1 atom stereocenters. The molecule has 1 aliphatic rings. The molecule has 0 saturated heterocycles. The number of Topliss-reactive ketones (excluding diaryl/α,β-unsaturated/α-hetero) is 1. The van der Waals surface area contributed by atoms with Gasteiger partial charge in [-0.1, -0.05) is 6.92 Å². The number of benzene rings is 1. The summed E-state index contributed by atoms with van der Waals surface area (Å²) in [7, 11) is 1.69. The molecule has 0 radical (unpaired) electrons. The van der Waals surface area contributed by atoms with Gasteiger partial charge in [-0.2, -0.15) is 0 Å². The quantitative estimate of drug-likeness (QED) is 0.576.